The highest BCUT2D eigenvalue weighted by Gasteiger charge is 2.19. The van der Waals surface area contributed by atoms with E-state index in [1.54, 1.807) is 4.90 Å². The number of urea groups is 1. The highest BCUT2D eigenvalue weighted by atomic mass is 16.5. The first-order valence-corrected chi connectivity index (χ1v) is 12.8. The van der Waals surface area contributed by atoms with Gasteiger partial charge < -0.3 is 15.4 Å². The van der Waals surface area contributed by atoms with E-state index in [-0.39, 0.29) is 17.9 Å². The normalized spacial score (nSPS) is 11.4. The van der Waals surface area contributed by atoms with Gasteiger partial charge in [-0.3, -0.25) is 9.69 Å². The zero-order chi connectivity index (χ0) is 25.8. The lowest BCUT2D eigenvalue weighted by Crippen LogP contribution is -2.42. The van der Waals surface area contributed by atoms with Crippen molar-refractivity contribution in [2.75, 3.05) is 23.3 Å². The number of para-hydroxylation sites is 1. The van der Waals surface area contributed by atoms with Crippen LogP contribution in [0.3, 0.4) is 0 Å². The summed E-state index contributed by atoms with van der Waals surface area (Å²) in [6.45, 7) is 6.88. The number of nitrogens with one attached hydrogen (secondary N) is 2. The summed E-state index contributed by atoms with van der Waals surface area (Å²) in [6.07, 6.45) is 3.81. The van der Waals surface area contributed by atoms with E-state index < -0.39 is 0 Å². The molecule has 0 saturated carbocycles. The van der Waals surface area contributed by atoms with Crippen LogP contribution in [0.5, 0.6) is 11.5 Å². The summed E-state index contributed by atoms with van der Waals surface area (Å²) in [5.74, 6) is 1.49. The number of carbonyl (C=O) groups is 2. The van der Waals surface area contributed by atoms with Crippen molar-refractivity contribution in [3.05, 3.63) is 84.4 Å². The van der Waals surface area contributed by atoms with Crippen LogP contribution in [0.25, 0.3) is 0 Å². The Labute approximate surface area is 214 Å². The monoisotopic (exact) mass is 487 g/mol. The lowest BCUT2D eigenvalue weighted by Gasteiger charge is -2.24. The minimum atomic E-state index is -0.261. The van der Waals surface area contributed by atoms with Gasteiger partial charge in [-0.2, -0.15) is 0 Å². The number of hydrogen-bond donors (Lipinski definition) is 2. The van der Waals surface area contributed by atoms with Crippen LogP contribution in [0.1, 0.15) is 45.1 Å². The average molecular weight is 488 g/mol. The second kappa shape index (κ2) is 13.9. The van der Waals surface area contributed by atoms with Crippen molar-refractivity contribution in [2.24, 2.45) is 5.92 Å². The molecule has 0 spiro atoms. The van der Waals surface area contributed by atoms with Gasteiger partial charge in [0.2, 0.25) is 5.91 Å². The molecule has 0 aromatic heterocycles. The van der Waals surface area contributed by atoms with E-state index in [2.05, 4.69) is 17.6 Å². The standard InChI is InChI=1S/C30H37N3O3/c1-4-6-10-24(5-2)29(34)31-21-22-33(30(35)32-25-15-13-23(3)14-16-25)26-17-19-28(20-18-26)36-27-11-8-7-9-12-27/h7-9,11-20,24H,4-6,10,21-22H2,1-3H3,(H,31,34)(H,32,35). The van der Waals surface area contributed by atoms with Gasteiger partial charge in [-0.1, -0.05) is 62.6 Å². The van der Waals surface area contributed by atoms with Gasteiger partial charge in [0.15, 0.2) is 0 Å². The smallest absolute Gasteiger partial charge is 0.326 e. The van der Waals surface area contributed by atoms with Gasteiger partial charge >= 0.3 is 6.03 Å². The molecule has 1 unspecified atom stereocenters. The Morgan fingerprint density at radius 3 is 2.19 bits per heavy atom. The van der Waals surface area contributed by atoms with Crippen LogP contribution in [-0.4, -0.2) is 25.0 Å². The number of anilines is 2. The zero-order valence-electron chi connectivity index (χ0n) is 21.5. The van der Waals surface area contributed by atoms with Gasteiger partial charge in [0.25, 0.3) is 0 Å². The number of aryl methyl sites for hydroxylation is 1. The second-order valence-electron chi connectivity index (χ2n) is 8.90. The predicted molar refractivity (Wildman–Crippen MR) is 147 cm³/mol. The summed E-state index contributed by atoms with van der Waals surface area (Å²) in [7, 11) is 0. The number of hydrogen-bond acceptors (Lipinski definition) is 3. The largest absolute Gasteiger partial charge is 0.457 e. The van der Waals surface area contributed by atoms with E-state index in [1.165, 1.54) is 0 Å². The summed E-state index contributed by atoms with van der Waals surface area (Å²) in [5, 5.41) is 5.99. The maximum atomic E-state index is 13.3. The molecule has 0 aliphatic rings. The Bertz CT molecular complexity index is 1080. The Hall–Kier alpha value is -3.80. The van der Waals surface area contributed by atoms with Crippen molar-refractivity contribution in [3.63, 3.8) is 0 Å². The van der Waals surface area contributed by atoms with E-state index in [1.807, 2.05) is 92.7 Å². The van der Waals surface area contributed by atoms with Crippen LogP contribution in [-0.2, 0) is 4.79 Å². The van der Waals surface area contributed by atoms with Crippen LogP contribution in [0.15, 0.2) is 78.9 Å². The van der Waals surface area contributed by atoms with Crippen molar-refractivity contribution in [1.29, 1.82) is 0 Å². The Morgan fingerprint density at radius 1 is 0.889 bits per heavy atom. The predicted octanol–water partition coefficient (Wildman–Crippen LogP) is 7.16. The molecule has 3 aromatic carbocycles. The van der Waals surface area contributed by atoms with E-state index in [9.17, 15) is 9.59 Å². The molecule has 0 aliphatic carbocycles. The summed E-state index contributed by atoms with van der Waals surface area (Å²) in [4.78, 5) is 27.6. The fourth-order valence-electron chi connectivity index (χ4n) is 3.90. The topological polar surface area (TPSA) is 70.7 Å². The molecule has 0 saturated heterocycles. The minimum absolute atomic E-state index is 0.00852. The minimum Gasteiger partial charge on any atom is -0.457 e. The maximum absolute atomic E-state index is 13.3. The van der Waals surface area contributed by atoms with Crippen molar-refractivity contribution >= 4 is 23.3 Å². The third-order valence-electron chi connectivity index (χ3n) is 6.08. The number of unbranched alkanes of at least 4 members (excludes halogenated alkanes) is 1. The number of rotatable bonds is 12. The van der Waals surface area contributed by atoms with E-state index >= 15 is 0 Å². The lowest BCUT2D eigenvalue weighted by molar-refractivity contribution is -0.125. The first kappa shape index (κ1) is 26.8. The van der Waals surface area contributed by atoms with Gasteiger partial charge in [0.1, 0.15) is 11.5 Å². The van der Waals surface area contributed by atoms with Crippen LogP contribution in [0, 0.1) is 12.8 Å². The molecule has 0 heterocycles. The van der Waals surface area contributed by atoms with E-state index in [0.29, 0.717) is 30.2 Å². The Morgan fingerprint density at radius 2 is 1.56 bits per heavy atom. The summed E-state index contributed by atoms with van der Waals surface area (Å²) in [5.41, 5.74) is 2.55. The van der Waals surface area contributed by atoms with Crippen LogP contribution in [0.2, 0.25) is 0 Å². The van der Waals surface area contributed by atoms with E-state index in [0.717, 1.165) is 37.0 Å². The molecule has 36 heavy (non-hydrogen) atoms. The van der Waals surface area contributed by atoms with Crippen LogP contribution >= 0.6 is 0 Å². The van der Waals surface area contributed by atoms with Crippen molar-refractivity contribution in [1.82, 2.24) is 5.32 Å². The summed E-state index contributed by atoms with van der Waals surface area (Å²) < 4.78 is 5.89. The highest BCUT2D eigenvalue weighted by molar-refractivity contribution is 6.01. The quantitative estimate of drug-likeness (QED) is 0.285. The molecule has 3 amide bonds. The zero-order valence-corrected chi connectivity index (χ0v) is 21.5. The van der Waals surface area contributed by atoms with Crippen LogP contribution < -0.4 is 20.3 Å². The average Bonchev–Trinajstić information content (AvgIpc) is 2.89. The Balaban J connectivity index is 1.70. The van der Waals surface area contributed by atoms with Crippen molar-refractivity contribution in [3.8, 4) is 11.5 Å². The first-order chi connectivity index (χ1) is 17.5. The molecular weight excluding hydrogens is 450 g/mol. The molecule has 3 aromatic rings. The molecule has 190 valence electrons. The maximum Gasteiger partial charge on any atom is 0.326 e. The van der Waals surface area contributed by atoms with Gasteiger partial charge in [-0.05, 0) is 68.3 Å². The molecule has 0 aliphatic heterocycles. The molecule has 2 N–H and O–H groups in total. The summed E-state index contributed by atoms with van der Waals surface area (Å²) in [6, 6.07) is 24.3. The molecule has 1 atom stereocenters. The lowest BCUT2D eigenvalue weighted by atomic mass is 9.98. The SMILES string of the molecule is CCCCC(CC)C(=O)NCCN(C(=O)Nc1ccc(C)cc1)c1ccc(Oc2ccccc2)cc1. The molecule has 3 rings (SSSR count). The van der Waals surface area contributed by atoms with Gasteiger partial charge in [-0.25, -0.2) is 4.79 Å². The fourth-order valence-corrected chi connectivity index (χ4v) is 3.90. The third-order valence-corrected chi connectivity index (χ3v) is 6.08. The van der Waals surface area contributed by atoms with Gasteiger partial charge in [0.05, 0.1) is 0 Å². The molecule has 0 fully saturated rings. The fraction of sp³-hybridized carbons (Fsp3) is 0.333. The second-order valence-corrected chi connectivity index (χ2v) is 8.90. The van der Waals surface area contributed by atoms with Gasteiger partial charge in [0, 0.05) is 30.4 Å². The van der Waals surface area contributed by atoms with Gasteiger partial charge in [-0.15, -0.1) is 0 Å². The first-order valence-electron chi connectivity index (χ1n) is 12.8. The summed E-state index contributed by atoms with van der Waals surface area (Å²) >= 11 is 0. The molecular formula is C30H37N3O3. The number of ether oxygens (including phenoxy) is 1. The molecule has 0 radical (unpaired) electrons. The molecule has 6 nitrogen and oxygen atoms in total. The van der Waals surface area contributed by atoms with Crippen molar-refractivity contribution in [2.45, 2.75) is 46.5 Å². The highest BCUT2D eigenvalue weighted by Crippen LogP contribution is 2.25. The number of carbonyl (C=O) groups excluding carboxylic acids is 2. The Kier molecular flexibility index (Phi) is 10.4. The van der Waals surface area contributed by atoms with Crippen LogP contribution in [0.4, 0.5) is 16.2 Å². The molecule has 0 bridgehead atoms. The number of amides is 3. The third kappa shape index (κ3) is 8.15. The number of nitrogens with zero attached hydrogens (tertiary/aromatic N) is 1. The van der Waals surface area contributed by atoms with Crippen molar-refractivity contribution < 1.29 is 14.3 Å². The molecule has 6 heteroatoms. The number of benzene rings is 3. The van der Waals surface area contributed by atoms with E-state index in [4.69, 9.17) is 4.74 Å².